The predicted molar refractivity (Wildman–Crippen MR) is 174 cm³/mol. The molecule has 3 aromatic rings. The molecule has 0 aliphatic carbocycles. The lowest BCUT2D eigenvalue weighted by atomic mass is 9.82. The summed E-state index contributed by atoms with van der Waals surface area (Å²) in [6.07, 6.45) is 4.07. The molecule has 10 heteroatoms. The minimum atomic E-state index is -1.90. The fraction of sp³-hybridized carbons (Fsp3) is 0.361. The number of anilines is 2. The zero-order chi connectivity index (χ0) is 32.4. The van der Waals surface area contributed by atoms with E-state index in [2.05, 4.69) is 5.32 Å². The zero-order valence-electron chi connectivity index (χ0n) is 26.2. The highest BCUT2D eigenvalue weighted by molar-refractivity contribution is 6.07. The second-order valence-corrected chi connectivity index (χ2v) is 12.2. The van der Waals surface area contributed by atoms with E-state index in [4.69, 9.17) is 4.74 Å². The molecule has 46 heavy (non-hydrogen) atoms. The van der Waals surface area contributed by atoms with E-state index in [-0.39, 0.29) is 44.0 Å². The largest absolute Gasteiger partial charge is 0.497 e. The molecule has 1 saturated heterocycles. The van der Waals surface area contributed by atoms with Gasteiger partial charge in [0.2, 0.25) is 11.8 Å². The normalized spacial score (nSPS) is 21.8. The van der Waals surface area contributed by atoms with Crippen LogP contribution in [0.1, 0.15) is 35.6 Å². The maximum atomic E-state index is 14.1. The van der Waals surface area contributed by atoms with E-state index in [1.807, 2.05) is 48.5 Å². The van der Waals surface area contributed by atoms with Crippen LogP contribution in [0.15, 0.2) is 78.9 Å². The molecule has 0 unspecified atom stereocenters. The Kier molecular flexibility index (Phi) is 8.95. The van der Waals surface area contributed by atoms with Gasteiger partial charge in [-0.05, 0) is 53.4 Å². The zero-order valence-corrected chi connectivity index (χ0v) is 26.2. The Balaban J connectivity index is 1.22. The molecule has 240 valence electrons. The van der Waals surface area contributed by atoms with Crippen molar-refractivity contribution in [2.75, 3.05) is 43.2 Å². The van der Waals surface area contributed by atoms with E-state index in [0.29, 0.717) is 43.1 Å². The number of aliphatic hydroxyl groups is 2. The van der Waals surface area contributed by atoms with E-state index in [0.717, 1.165) is 22.4 Å². The van der Waals surface area contributed by atoms with Crippen LogP contribution in [0, 0.1) is 5.92 Å². The Labute approximate surface area is 268 Å². The number of ether oxygens (including phenoxy) is 1. The van der Waals surface area contributed by atoms with Gasteiger partial charge in [0.1, 0.15) is 5.75 Å². The van der Waals surface area contributed by atoms with Crippen molar-refractivity contribution < 1.29 is 29.3 Å². The number of carbonyl (C=O) groups excluding carboxylic acids is 3. The van der Waals surface area contributed by atoms with Gasteiger partial charge in [0, 0.05) is 43.2 Å². The second kappa shape index (κ2) is 13.1. The van der Waals surface area contributed by atoms with Crippen LogP contribution >= 0.6 is 0 Å². The van der Waals surface area contributed by atoms with E-state index in [9.17, 15) is 24.6 Å². The average molecular weight is 625 g/mol. The van der Waals surface area contributed by atoms with Gasteiger partial charge in [-0.3, -0.25) is 14.4 Å². The van der Waals surface area contributed by atoms with Crippen molar-refractivity contribution in [1.82, 2.24) is 10.2 Å². The molecule has 0 spiro atoms. The SMILES string of the molecule is COc1ccc2c(c1)[C@](O)([C@@H](C)/C=C/CC(=O)N1Cc3ccccc3C[C@H]1CO)C(=O)N2Cc1cccc(N2CCNCC2=O)c1. The molecule has 3 aliphatic rings. The average Bonchev–Trinajstić information content (AvgIpc) is 3.29. The first-order chi connectivity index (χ1) is 22.2. The summed E-state index contributed by atoms with van der Waals surface area (Å²) >= 11 is 0. The van der Waals surface area contributed by atoms with E-state index in [1.54, 1.807) is 52.0 Å². The van der Waals surface area contributed by atoms with Crippen LogP contribution in [-0.4, -0.2) is 72.2 Å². The number of nitrogens with one attached hydrogen (secondary N) is 1. The molecule has 3 atom stereocenters. The summed E-state index contributed by atoms with van der Waals surface area (Å²) in [7, 11) is 1.53. The number of amides is 3. The predicted octanol–water partition coefficient (Wildman–Crippen LogP) is 2.89. The van der Waals surface area contributed by atoms with Crippen molar-refractivity contribution in [3.63, 3.8) is 0 Å². The second-order valence-electron chi connectivity index (χ2n) is 12.2. The Bertz CT molecular complexity index is 1670. The summed E-state index contributed by atoms with van der Waals surface area (Å²) in [5.74, 6) is -0.783. The molecule has 3 amide bonds. The van der Waals surface area contributed by atoms with Crippen LogP contribution in [0.2, 0.25) is 0 Å². The topological polar surface area (TPSA) is 123 Å². The Morgan fingerprint density at radius 1 is 1.11 bits per heavy atom. The number of benzene rings is 3. The molecule has 10 nitrogen and oxygen atoms in total. The third-order valence-electron chi connectivity index (χ3n) is 9.39. The third kappa shape index (κ3) is 5.79. The molecular weight excluding hydrogens is 584 g/mol. The molecule has 0 saturated carbocycles. The van der Waals surface area contributed by atoms with Crippen molar-refractivity contribution in [3.8, 4) is 5.75 Å². The van der Waals surface area contributed by atoms with Gasteiger partial charge in [-0.2, -0.15) is 0 Å². The number of carbonyl (C=O) groups is 3. The van der Waals surface area contributed by atoms with Crippen LogP contribution in [0.5, 0.6) is 5.75 Å². The lowest BCUT2D eigenvalue weighted by molar-refractivity contribution is -0.139. The number of methoxy groups -OCH3 is 1. The van der Waals surface area contributed by atoms with Crippen LogP contribution in [-0.2, 0) is 39.5 Å². The summed E-state index contributed by atoms with van der Waals surface area (Å²) in [4.78, 5) is 45.0. The van der Waals surface area contributed by atoms with Gasteiger partial charge in [-0.15, -0.1) is 0 Å². The van der Waals surface area contributed by atoms with Gasteiger partial charge in [-0.25, -0.2) is 0 Å². The van der Waals surface area contributed by atoms with Crippen molar-refractivity contribution in [2.24, 2.45) is 5.92 Å². The number of piperazine rings is 1. The molecule has 3 aromatic carbocycles. The Hall–Kier alpha value is -4.51. The fourth-order valence-corrected chi connectivity index (χ4v) is 6.77. The minimum Gasteiger partial charge on any atom is -0.497 e. The first-order valence-electron chi connectivity index (χ1n) is 15.7. The summed E-state index contributed by atoms with van der Waals surface area (Å²) in [5.41, 5.74) is 2.90. The first-order valence-corrected chi connectivity index (χ1v) is 15.7. The highest BCUT2D eigenvalue weighted by Gasteiger charge is 2.52. The molecule has 3 N–H and O–H groups in total. The molecule has 1 fully saturated rings. The molecule has 3 aliphatic heterocycles. The number of hydrogen-bond donors (Lipinski definition) is 3. The van der Waals surface area contributed by atoms with Crippen molar-refractivity contribution in [3.05, 3.63) is 101 Å². The summed E-state index contributed by atoms with van der Waals surface area (Å²) in [6.45, 7) is 3.80. The highest BCUT2D eigenvalue weighted by atomic mass is 16.5. The molecule has 6 rings (SSSR count). The third-order valence-corrected chi connectivity index (χ3v) is 9.39. The van der Waals surface area contributed by atoms with Crippen molar-refractivity contribution >= 4 is 29.1 Å². The molecule has 0 bridgehead atoms. The van der Waals surface area contributed by atoms with Crippen molar-refractivity contribution in [1.29, 1.82) is 0 Å². The van der Waals surface area contributed by atoms with Crippen molar-refractivity contribution in [2.45, 2.75) is 44.5 Å². The van der Waals surface area contributed by atoms with Crippen LogP contribution in [0.25, 0.3) is 0 Å². The number of nitrogens with zero attached hydrogens (tertiary/aromatic N) is 3. The van der Waals surface area contributed by atoms with Gasteiger partial charge in [-0.1, -0.05) is 55.5 Å². The van der Waals surface area contributed by atoms with Crippen LogP contribution in [0.3, 0.4) is 0 Å². The molecule has 0 aromatic heterocycles. The van der Waals surface area contributed by atoms with E-state index < -0.39 is 17.4 Å². The number of fused-ring (bicyclic) bond motifs is 2. The Morgan fingerprint density at radius 3 is 2.67 bits per heavy atom. The summed E-state index contributed by atoms with van der Waals surface area (Å²) in [6, 6.07) is 20.4. The van der Waals surface area contributed by atoms with E-state index >= 15 is 0 Å². The highest BCUT2D eigenvalue weighted by Crippen LogP contribution is 2.47. The molecule has 0 radical (unpaired) electrons. The van der Waals surface area contributed by atoms with Gasteiger partial charge in [0.15, 0.2) is 5.60 Å². The van der Waals surface area contributed by atoms with Gasteiger partial charge >= 0.3 is 0 Å². The monoisotopic (exact) mass is 624 g/mol. The number of aliphatic hydroxyl groups excluding tert-OH is 1. The maximum absolute atomic E-state index is 14.1. The standard InChI is InChI=1S/C36H40N4O6/c1-24(7-5-12-33(42)39-22-27-10-4-3-9-26(27)18-29(39)23-41)36(45)31-19-30(46-2)13-14-32(31)40(35(36)44)21-25-8-6-11-28(17-25)38-16-15-37-20-34(38)43/h3-11,13-14,17,19,24,29,37,41,45H,12,15-16,18,20-23H2,1-2H3/b7-5+/t24-,29-,36+/m0/s1. The lowest BCUT2D eigenvalue weighted by Gasteiger charge is -2.36. The smallest absolute Gasteiger partial charge is 0.264 e. The lowest BCUT2D eigenvalue weighted by Crippen LogP contribution is -2.48. The van der Waals surface area contributed by atoms with Crippen LogP contribution in [0.4, 0.5) is 11.4 Å². The van der Waals surface area contributed by atoms with E-state index in [1.165, 1.54) is 7.11 Å². The molecular formula is C36H40N4O6. The molecule has 3 heterocycles. The first kappa shape index (κ1) is 31.5. The minimum absolute atomic E-state index is 0.0106. The quantitative estimate of drug-likeness (QED) is 0.313. The number of rotatable bonds is 9. The Morgan fingerprint density at radius 2 is 1.91 bits per heavy atom. The van der Waals surface area contributed by atoms with Crippen LogP contribution < -0.4 is 19.9 Å². The maximum Gasteiger partial charge on any atom is 0.264 e. The van der Waals surface area contributed by atoms with Gasteiger partial charge in [0.05, 0.1) is 38.5 Å². The number of hydrogen-bond acceptors (Lipinski definition) is 7. The summed E-state index contributed by atoms with van der Waals surface area (Å²) in [5, 5.41) is 25.2. The fourth-order valence-electron chi connectivity index (χ4n) is 6.77. The summed E-state index contributed by atoms with van der Waals surface area (Å²) < 4.78 is 5.45. The van der Waals surface area contributed by atoms with Gasteiger partial charge < -0.3 is 35.0 Å². The van der Waals surface area contributed by atoms with Gasteiger partial charge in [0.25, 0.3) is 5.91 Å².